The van der Waals surface area contributed by atoms with Crippen LogP contribution in [0.4, 0.5) is 5.82 Å². The van der Waals surface area contributed by atoms with Crippen LogP contribution in [0.5, 0.6) is 0 Å². The molecule has 3 heterocycles. The Hall–Kier alpha value is -0.920. The first kappa shape index (κ1) is 13.1. The SMILES string of the molecule is CN(C)c1ccc2[nH]c(-c3cc(Br)c(Br)s3)nc2n1. The summed E-state index contributed by atoms with van der Waals surface area (Å²) in [7, 11) is 3.93. The van der Waals surface area contributed by atoms with E-state index in [-0.39, 0.29) is 0 Å². The number of anilines is 1. The second-order valence-electron chi connectivity index (χ2n) is 4.25. The Balaban J connectivity index is 2.11. The fraction of sp³-hybridized carbons (Fsp3) is 0.167. The van der Waals surface area contributed by atoms with Gasteiger partial charge in [-0.05, 0) is 50.1 Å². The molecule has 0 saturated carbocycles. The Labute approximate surface area is 131 Å². The Morgan fingerprint density at radius 3 is 2.63 bits per heavy atom. The van der Waals surface area contributed by atoms with Crippen LogP contribution in [0.15, 0.2) is 26.5 Å². The number of aromatic nitrogens is 3. The molecule has 0 atom stereocenters. The number of thiophene rings is 1. The zero-order chi connectivity index (χ0) is 13.6. The molecule has 0 unspecified atom stereocenters. The van der Waals surface area contributed by atoms with Crippen molar-refractivity contribution in [3.63, 3.8) is 0 Å². The van der Waals surface area contributed by atoms with Gasteiger partial charge in [-0.15, -0.1) is 11.3 Å². The third-order valence-corrected chi connectivity index (χ3v) is 5.93. The lowest BCUT2D eigenvalue weighted by molar-refractivity contribution is 1.08. The zero-order valence-electron chi connectivity index (χ0n) is 10.2. The Kier molecular flexibility index (Phi) is 3.36. The van der Waals surface area contributed by atoms with Crippen LogP contribution in [-0.4, -0.2) is 29.0 Å². The second kappa shape index (κ2) is 4.88. The molecular weight excluding hydrogens is 392 g/mol. The summed E-state index contributed by atoms with van der Waals surface area (Å²) < 4.78 is 2.10. The lowest BCUT2D eigenvalue weighted by Gasteiger charge is -2.09. The largest absolute Gasteiger partial charge is 0.363 e. The van der Waals surface area contributed by atoms with E-state index in [0.717, 1.165) is 35.9 Å². The molecule has 3 aromatic heterocycles. The van der Waals surface area contributed by atoms with Crippen LogP contribution in [0.25, 0.3) is 21.9 Å². The van der Waals surface area contributed by atoms with Crippen LogP contribution in [0.1, 0.15) is 0 Å². The number of aromatic amines is 1. The topological polar surface area (TPSA) is 44.8 Å². The number of hydrogen-bond donors (Lipinski definition) is 1. The maximum absolute atomic E-state index is 4.56. The van der Waals surface area contributed by atoms with Crippen molar-refractivity contribution in [3.05, 3.63) is 26.5 Å². The predicted molar refractivity (Wildman–Crippen MR) is 86.9 cm³/mol. The van der Waals surface area contributed by atoms with Crippen LogP contribution in [0, 0.1) is 0 Å². The zero-order valence-corrected chi connectivity index (χ0v) is 14.2. The van der Waals surface area contributed by atoms with Crippen molar-refractivity contribution in [1.82, 2.24) is 15.0 Å². The highest BCUT2D eigenvalue weighted by atomic mass is 79.9. The van der Waals surface area contributed by atoms with E-state index < -0.39 is 0 Å². The number of imidazole rings is 1. The summed E-state index contributed by atoms with van der Waals surface area (Å²) in [5, 5.41) is 0. The van der Waals surface area contributed by atoms with Crippen LogP contribution in [-0.2, 0) is 0 Å². The monoisotopic (exact) mass is 400 g/mol. The molecule has 0 spiro atoms. The summed E-state index contributed by atoms with van der Waals surface area (Å²) in [6.45, 7) is 0. The van der Waals surface area contributed by atoms with Crippen LogP contribution >= 0.6 is 43.2 Å². The highest BCUT2D eigenvalue weighted by Gasteiger charge is 2.12. The molecule has 0 radical (unpaired) electrons. The van der Waals surface area contributed by atoms with Crippen LogP contribution in [0.2, 0.25) is 0 Å². The molecule has 0 saturated heterocycles. The van der Waals surface area contributed by atoms with Gasteiger partial charge in [0.05, 0.1) is 14.2 Å². The van der Waals surface area contributed by atoms with Gasteiger partial charge in [0.1, 0.15) is 5.82 Å². The summed E-state index contributed by atoms with van der Waals surface area (Å²) in [4.78, 5) is 15.4. The van der Waals surface area contributed by atoms with Crippen LogP contribution < -0.4 is 4.90 Å². The minimum Gasteiger partial charge on any atom is -0.363 e. The molecule has 3 aromatic rings. The van der Waals surface area contributed by atoms with E-state index in [1.807, 2.05) is 37.2 Å². The van der Waals surface area contributed by atoms with Gasteiger partial charge in [0, 0.05) is 18.6 Å². The first-order valence-electron chi connectivity index (χ1n) is 5.54. The maximum atomic E-state index is 4.56. The van der Waals surface area contributed by atoms with Crippen molar-refractivity contribution >= 4 is 60.2 Å². The quantitative estimate of drug-likeness (QED) is 0.696. The number of fused-ring (bicyclic) bond motifs is 1. The molecule has 7 heteroatoms. The van der Waals surface area contributed by atoms with Crippen molar-refractivity contribution in [3.8, 4) is 10.7 Å². The minimum atomic E-state index is 0.738. The average Bonchev–Trinajstić information content (AvgIpc) is 2.92. The van der Waals surface area contributed by atoms with Crippen molar-refractivity contribution < 1.29 is 0 Å². The normalized spacial score (nSPS) is 11.2. The number of hydrogen-bond acceptors (Lipinski definition) is 4. The van der Waals surface area contributed by atoms with Crippen molar-refractivity contribution in [2.45, 2.75) is 0 Å². The van der Waals surface area contributed by atoms with Gasteiger partial charge in [-0.3, -0.25) is 0 Å². The minimum absolute atomic E-state index is 0.738. The molecule has 0 aromatic carbocycles. The Bertz CT molecular complexity index is 728. The van der Waals surface area contributed by atoms with Gasteiger partial charge in [0.2, 0.25) is 0 Å². The third kappa shape index (κ3) is 2.42. The molecule has 3 rings (SSSR count). The molecule has 1 N–H and O–H groups in total. The average molecular weight is 402 g/mol. The standard InChI is InChI=1S/C12H10Br2N4S/c1-18(2)9-4-3-7-11(16-9)17-12(15-7)8-5-6(13)10(14)19-8/h3-5H,1-2H3,(H,15,16,17). The predicted octanol–water partition coefficient (Wildman–Crippen LogP) is 4.28. The number of rotatable bonds is 2. The number of pyridine rings is 1. The van der Waals surface area contributed by atoms with E-state index >= 15 is 0 Å². The molecule has 0 bridgehead atoms. The van der Waals surface area contributed by atoms with E-state index in [1.54, 1.807) is 11.3 Å². The molecule has 0 fully saturated rings. The third-order valence-electron chi connectivity index (χ3n) is 2.67. The van der Waals surface area contributed by atoms with E-state index in [0.29, 0.717) is 0 Å². The molecule has 98 valence electrons. The Morgan fingerprint density at radius 2 is 2.00 bits per heavy atom. The first-order chi connectivity index (χ1) is 9.04. The summed E-state index contributed by atoms with van der Waals surface area (Å²) in [6, 6.07) is 6.02. The van der Waals surface area contributed by atoms with Crippen molar-refractivity contribution in [2.24, 2.45) is 0 Å². The molecule has 0 amide bonds. The lowest BCUT2D eigenvalue weighted by Crippen LogP contribution is -2.10. The smallest absolute Gasteiger partial charge is 0.180 e. The fourth-order valence-electron chi connectivity index (χ4n) is 1.71. The highest BCUT2D eigenvalue weighted by Crippen LogP contribution is 2.37. The Morgan fingerprint density at radius 1 is 1.21 bits per heavy atom. The van der Waals surface area contributed by atoms with E-state index in [9.17, 15) is 0 Å². The van der Waals surface area contributed by atoms with Gasteiger partial charge in [-0.2, -0.15) is 0 Å². The fourth-order valence-corrected chi connectivity index (χ4v) is 3.69. The van der Waals surface area contributed by atoms with E-state index in [1.165, 1.54) is 0 Å². The second-order valence-corrected chi connectivity index (χ2v) is 7.48. The van der Waals surface area contributed by atoms with Gasteiger partial charge < -0.3 is 9.88 Å². The molecule has 0 aliphatic carbocycles. The maximum Gasteiger partial charge on any atom is 0.180 e. The number of nitrogens with one attached hydrogen (secondary N) is 1. The summed E-state index contributed by atoms with van der Waals surface area (Å²) in [5.74, 6) is 1.74. The molecule has 19 heavy (non-hydrogen) atoms. The molecule has 0 aliphatic heterocycles. The molecule has 0 aliphatic rings. The van der Waals surface area contributed by atoms with Gasteiger partial charge in [-0.1, -0.05) is 0 Å². The lowest BCUT2D eigenvalue weighted by atomic mass is 10.4. The number of nitrogens with zero attached hydrogens (tertiary/aromatic N) is 3. The first-order valence-corrected chi connectivity index (χ1v) is 7.94. The van der Waals surface area contributed by atoms with Gasteiger partial charge in [-0.25, -0.2) is 9.97 Å². The van der Waals surface area contributed by atoms with Gasteiger partial charge >= 0.3 is 0 Å². The van der Waals surface area contributed by atoms with Gasteiger partial charge in [0.25, 0.3) is 0 Å². The molecule has 4 nitrogen and oxygen atoms in total. The summed E-state index contributed by atoms with van der Waals surface area (Å²) in [5.41, 5.74) is 1.68. The van der Waals surface area contributed by atoms with E-state index in [4.69, 9.17) is 0 Å². The number of halogens is 2. The summed E-state index contributed by atoms with van der Waals surface area (Å²) in [6.07, 6.45) is 0. The van der Waals surface area contributed by atoms with Gasteiger partial charge in [0.15, 0.2) is 11.5 Å². The van der Waals surface area contributed by atoms with Crippen molar-refractivity contribution in [1.29, 1.82) is 0 Å². The van der Waals surface area contributed by atoms with Crippen molar-refractivity contribution in [2.75, 3.05) is 19.0 Å². The van der Waals surface area contributed by atoms with E-state index in [2.05, 4.69) is 46.8 Å². The highest BCUT2D eigenvalue weighted by molar-refractivity contribution is 9.13. The summed E-state index contributed by atoms with van der Waals surface area (Å²) >= 11 is 8.61. The molecular formula is C12H10Br2N4S. The number of H-pyrrole nitrogens is 1. The van der Waals surface area contributed by atoms with Crippen LogP contribution in [0.3, 0.4) is 0 Å².